The van der Waals surface area contributed by atoms with Crippen LogP contribution in [0.25, 0.3) is 0 Å². The van der Waals surface area contributed by atoms with Crippen molar-refractivity contribution < 1.29 is 14.6 Å². The Balaban J connectivity index is 2.26. The number of rotatable bonds is 4. The van der Waals surface area contributed by atoms with Crippen LogP contribution < -0.4 is 14.8 Å². The van der Waals surface area contributed by atoms with Gasteiger partial charge in [0.05, 0.1) is 14.2 Å². The van der Waals surface area contributed by atoms with Gasteiger partial charge in [0.1, 0.15) is 5.75 Å². The molecule has 1 aliphatic rings. The van der Waals surface area contributed by atoms with Gasteiger partial charge in [-0.2, -0.15) is 0 Å². The molecule has 0 bridgehead atoms. The zero-order chi connectivity index (χ0) is 12.3. The van der Waals surface area contributed by atoms with Gasteiger partial charge in [0.15, 0.2) is 11.5 Å². The second-order valence-electron chi connectivity index (χ2n) is 4.34. The number of aromatic hydroxyl groups is 1. The molecule has 1 heterocycles. The van der Waals surface area contributed by atoms with E-state index in [-0.39, 0.29) is 5.75 Å². The van der Waals surface area contributed by atoms with Crippen molar-refractivity contribution in [2.24, 2.45) is 0 Å². The molecule has 0 saturated carbocycles. The summed E-state index contributed by atoms with van der Waals surface area (Å²) in [6.45, 7) is 1.07. The molecule has 4 nitrogen and oxygen atoms in total. The highest BCUT2D eigenvalue weighted by Crippen LogP contribution is 2.36. The summed E-state index contributed by atoms with van der Waals surface area (Å²) < 4.78 is 10.6. The number of hydrogen-bond acceptors (Lipinski definition) is 4. The zero-order valence-electron chi connectivity index (χ0n) is 10.3. The topological polar surface area (TPSA) is 50.7 Å². The van der Waals surface area contributed by atoms with Crippen LogP contribution in [0.3, 0.4) is 0 Å². The van der Waals surface area contributed by atoms with Crippen LogP contribution in [0.4, 0.5) is 0 Å². The van der Waals surface area contributed by atoms with Gasteiger partial charge in [-0.25, -0.2) is 0 Å². The molecule has 0 aromatic heterocycles. The largest absolute Gasteiger partial charge is 0.508 e. The van der Waals surface area contributed by atoms with Gasteiger partial charge in [0, 0.05) is 17.7 Å². The highest BCUT2D eigenvalue weighted by atomic mass is 16.5. The lowest BCUT2D eigenvalue weighted by atomic mass is 10.0. The lowest BCUT2D eigenvalue weighted by Crippen LogP contribution is -2.23. The molecular weight excluding hydrogens is 218 g/mol. The number of hydrogen-bond donors (Lipinski definition) is 2. The third-order valence-electron chi connectivity index (χ3n) is 3.17. The Morgan fingerprint density at radius 2 is 2.18 bits per heavy atom. The van der Waals surface area contributed by atoms with Crippen LogP contribution >= 0.6 is 0 Å². The number of phenolic OH excluding ortho intramolecular Hbond substituents is 1. The first kappa shape index (κ1) is 12.0. The van der Waals surface area contributed by atoms with Crippen LogP contribution in [0.5, 0.6) is 17.2 Å². The van der Waals surface area contributed by atoms with Crippen molar-refractivity contribution in [1.29, 1.82) is 0 Å². The van der Waals surface area contributed by atoms with E-state index in [2.05, 4.69) is 5.32 Å². The maximum Gasteiger partial charge on any atom is 0.164 e. The normalized spacial score (nSPS) is 19.3. The maximum atomic E-state index is 9.66. The van der Waals surface area contributed by atoms with E-state index in [1.807, 2.05) is 0 Å². The molecule has 0 spiro atoms. The Morgan fingerprint density at radius 1 is 1.35 bits per heavy atom. The molecule has 1 aromatic carbocycles. The minimum atomic E-state index is 0.218. The Bertz CT molecular complexity index is 386. The molecule has 2 N–H and O–H groups in total. The molecule has 1 atom stereocenters. The van der Waals surface area contributed by atoms with E-state index in [9.17, 15) is 5.11 Å². The molecule has 0 amide bonds. The van der Waals surface area contributed by atoms with Crippen LogP contribution in [0, 0.1) is 0 Å². The Labute approximate surface area is 102 Å². The fraction of sp³-hybridized carbons (Fsp3) is 0.538. The SMILES string of the molecule is COc1cc(O)cc(CC2CCCN2)c1OC. The van der Waals surface area contributed by atoms with Crippen molar-refractivity contribution in [3.63, 3.8) is 0 Å². The van der Waals surface area contributed by atoms with Gasteiger partial charge in [-0.15, -0.1) is 0 Å². The fourth-order valence-electron chi connectivity index (χ4n) is 2.38. The smallest absolute Gasteiger partial charge is 0.164 e. The average molecular weight is 237 g/mol. The summed E-state index contributed by atoms with van der Waals surface area (Å²) in [6.07, 6.45) is 3.23. The Kier molecular flexibility index (Phi) is 3.74. The van der Waals surface area contributed by atoms with Crippen LogP contribution in [0.15, 0.2) is 12.1 Å². The Hall–Kier alpha value is -1.42. The summed E-state index contributed by atoms with van der Waals surface area (Å²) in [6, 6.07) is 3.79. The average Bonchev–Trinajstić information content (AvgIpc) is 2.81. The number of phenols is 1. The van der Waals surface area contributed by atoms with Gasteiger partial charge in [0.25, 0.3) is 0 Å². The monoisotopic (exact) mass is 237 g/mol. The lowest BCUT2D eigenvalue weighted by molar-refractivity contribution is 0.346. The van der Waals surface area contributed by atoms with Gasteiger partial charge in [-0.1, -0.05) is 0 Å². The highest BCUT2D eigenvalue weighted by molar-refractivity contribution is 5.51. The van der Waals surface area contributed by atoms with Crippen LogP contribution in [0.2, 0.25) is 0 Å². The molecule has 1 aromatic rings. The summed E-state index contributed by atoms with van der Waals surface area (Å²) in [4.78, 5) is 0. The molecule has 94 valence electrons. The minimum Gasteiger partial charge on any atom is -0.508 e. The molecular formula is C13H19NO3. The van der Waals surface area contributed by atoms with Crippen LogP contribution in [-0.2, 0) is 6.42 Å². The van der Waals surface area contributed by atoms with E-state index < -0.39 is 0 Å². The number of ether oxygens (including phenoxy) is 2. The molecule has 1 aliphatic heterocycles. The second-order valence-corrected chi connectivity index (χ2v) is 4.34. The minimum absolute atomic E-state index is 0.218. The van der Waals surface area contributed by atoms with Crippen molar-refractivity contribution in [3.05, 3.63) is 17.7 Å². The maximum absolute atomic E-state index is 9.66. The fourth-order valence-corrected chi connectivity index (χ4v) is 2.38. The zero-order valence-corrected chi connectivity index (χ0v) is 10.3. The van der Waals surface area contributed by atoms with E-state index in [1.54, 1.807) is 26.4 Å². The summed E-state index contributed by atoms with van der Waals surface area (Å²) in [5, 5.41) is 13.1. The highest BCUT2D eigenvalue weighted by Gasteiger charge is 2.19. The van der Waals surface area contributed by atoms with Crippen LogP contribution in [0.1, 0.15) is 18.4 Å². The van der Waals surface area contributed by atoms with E-state index >= 15 is 0 Å². The number of methoxy groups -OCH3 is 2. The van der Waals surface area contributed by atoms with E-state index in [1.165, 1.54) is 12.8 Å². The van der Waals surface area contributed by atoms with Crippen molar-refractivity contribution in [2.75, 3.05) is 20.8 Å². The van der Waals surface area contributed by atoms with Gasteiger partial charge >= 0.3 is 0 Å². The first-order valence-corrected chi connectivity index (χ1v) is 5.92. The molecule has 4 heteroatoms. The van der Waals surface area contributed by atoms with Gasteiger partial charge in [0.2, 0.25) is 0 Å². The lowest BCUT2D eigenvalue weighted by Gasteiger charge is -2.16. The second kappa shape index (κ2) is 5.27. The van der Waals surface area contributed by atoms with Crippen LogP contribution in [-0.4, -0.2) is 31.9 Å². The predicted molar refractivity (Wildman–Crippen MR) is 65.9 cm³/mol. The van der Waals surface area contributed by atoms with Crippen molar-refractivity contribution in [2.45, 2.75) is 25.3 Å². The van der Waals surface area contributed by atoms with Crippen molar-refractivity contribution >= 4 is 0 Å². The van der Waals surface area contributed by atoms with Gasteiger partial charge < -0.3 is 19.9 Å². The molecule has 0 radical (unpaired) electrons. The molecule has 0 aliphatic carbocycles. The summed E-state index contributed by atoms with van der Waals surface area (Å²) >= 11 is 0. The van der Waals surface area contributed by atoms with E-state index in [0.717, 1.165) is 24.3 Å². The van der Waals surface area contributed by atoms with E-state index in [0.29, 0.717) is 11.8 Å². The molecule has 17 heavy (non-hydrogen) atoms. The third kappa shape index (κ3) is 2.64. The van der Waals surface area contributed by atoms with Gasteiger partial charge in [-0.05, 0) is 31.9 Å². The summed E-state index contributed by atoms with van der Waals surface area (Å²) in [5.41, 5.74) is 0.990. The summed E-state index contributed by atoms with van der Waals surface area (Å²) in [5.74, 6) is 1.52. The standard InChI is InChI=1S/C13H19NO3/c1-16-12-8-11(15)7-9(13(12)17-2)6-10-4-3-5-14-10/h7-8,10,14-15H,3-6H2,1-2H3. The first-order chi connectivity index (χ1) is 8.24. The number of nitrogens with one attached hydrogen (secondary N) is 1. The molecule has 1 saturated heterocycles. The number of benzene rings is 1. The first-order valence-electron chi connectivity index (χ1n) is 5.92. The predicted octanol–water partition coefficient (Wildman–Crippen LogP) is 1.70. The molecule has 2 rings (SSSR count). The van der Waals surface area contributed by atoms with Crippen molar-refractivity contribution in [1.82, 2.24) is 5.32 Å². The Morgan fingerprint density at radius 3 is 2.76 bits per heavy atom. The van der Waals surface area contributed by atoms with Crippen molar-refractivity contribution in [3.8, 4) is 17.2 Å². The molecule has 1 unspecified atom stereocenters. The third-order valence-corrected chi connectivity index (χ3v) is 3.17. The quantitative estimate of drug-likeness (QED) is 0.837. The molecule has 1 fully saturated rings. The van der Waals surface area contributed by atoms with Gasteiger partial charge in [-0.3, -0.25) is 0 Å². The summed E-state index contributed by atoms with van der Waals surface area (Å²) in [7, 11) is 3.20. The van der Waals surface area contributed by atoms with E-state index in [4.69, 9.17) is 9.47 Å².